The highest BCUT2D eigenvalue weighted by atomic mass is 79.9. The van der Waals surface area contributed by atoms with Gasteiger partial charge in [-0.1, -0.05) is 31.9 Å². The Morgan fingerprint density at radius 1 is 1.43 bits per heavy atom. The lowest BCUT2D eigenvalue weighted by atomic mass is 9.76. The highest BCUT2D eigenvalue weighted by Gasteiger charge is 2.43. The smallest absolute Gasteiger partial charge is 0.329 e. The Balaban J connectivity index is 2.27. The topological polar surface area (TPSA) is 66.4 Å². The number of carboxylic acid groups (broad SMARTS) is 1. The van der Waals surface area contributed by atoms with Crippen molar-refractivity contribution in [2.45, 2.75) is 45.1 Å². The van der Waals surface area contributed by atoms with Gasteiger partial charge in [0, 0.05) is 4.47 Å². The predicted molar refractivity (Wildman–Crippen MR) is 84.3 cm³/mol. The van der Waals surface area contributed by atoms with E-state index in [4.69, 9.17) is 0 Å². The molecular formula is C16H20BrNO3. The van der Waals surface area contributed by atoms with Crippen LogP contribution < -0.4 is 5.32 Å². The van der Waals surface area contributed by atoms with Gasteiger partial charge in [0.1, 0.15) is 5.54 Å². The maximum Gasteiger partial charge on any atom is 0.329 e. The molecule has 0 heterocycles. The Bertz CT molecular complexity index is 573. The van der Waals surface area contributed by atoms with E-state index in [2.05, 4.69) is 21.2 Å². The van der Waals surface area contributed by atoms with E-state index in [-0.39, 0.29) is 5.91 Å². The summed E-state index contributed by atoms with van der Waals surface area (Å²) >= 11 is 3.40. The van der Waals surface area contributed by atoms with Crippen molar-refractivity contribution in [2.75, 3.05) is 0 Å². The van der Waals surface area contributed by atoms with Crippen LogP contribution in [-0.4, -0.2) is 22.5 Å². The van der Waals surface area contributed by atoms with Gasteiger partial charge in [0.2, 0.25) is 0 Å². The summed E-state index contributed by atoms with van der Waals surface area (Å²) in [5.41, 5.74) is 0.288. The van der Waals surface area contributed by atoms with Gasteiger partial charge >= 0.3 is 5.97 Å². The van der Waals surface area contributed by atoms with Crippen molar-refractivity contribution in [1.82, 2.24) is 5.32 Å². The average Bonchev–Trinajstić information content (AvgIpc) is 2.41. The summed E-state index contributed by atoms with van der Waals surface area (Å²) < 4.78 is 0.715. The minimum atomic E-state index is -1.14. The van der Waals surface area contributed by atoms with Gasteiger partial charge in [-0.25, -0.2) is 4.79 Å². The molecule has 1 amide bonds. The molecule has 1 fully saturated rings. The molecule has 21 heavy (non-hydrogen) atoms. The molecule has 114 valence electrons. The molecule has 0 aliphatic heterocycles. The maximum atomic E-state index is 12.5. The summed E-state index contributed by atoms with van der Waals surface area (Å²) in [4.78, 5) is 24.2. The summed E-state index contributed by atoms with van der Waals surface area (Å²) in [7, 11) is 0. The number of benzene rings is 1. The zero-order chi connectivity index (χ0) is 15.6. The SMILES string of the molecule is Cc1cccc(C(=O)NC2(C(=O)O)CCCC(C)C2)c1Br. The summed E-state index contributed by atoms with van der Waals surface area (Å²) in [6.45, 7) is 3.93. The van der Waals surface area contributed by atoms with Gasteiger partial charge in [0.05, 0.1) is 5.56 Å². The molecule has 0 radical (unpaired) electrons. The van der Waals surface area contributed by atoms with Gasteiger partial charge in [-0.3, -0.25) is 4.79 Å². The third-order valence-electron chi connectivity index (χ3n) is 4.20. The molecule has 4 nitrogen and oxygen atoms in total. The van der Waals surface area contributed by atoms with Crippen LogP contribution in [0.15, 0.2) is 22.7 Å². The van der Waals surface area contributed by atoms with Crippen LogP contribution in [0.4, 0.5) is 0 Å². The van der Waals surface area contributed by atoms with Crippen LogP contribution in [0, 0.1) is 12.8 Å². The van der Waals surface area contributed by atoms with E-state index in [0.29, 0.717) is 28.8 Å². The quantitative estimate of drug-likeness (QED) is 0.873. The lowest BCUT2D eigenvalue weighted by molar-refractivity contribution is -0.146. The third kappa shape index (κ3) is 3.28. The highest BCUT2D eigenvalue weighted by molar-refractivity contribution is 9.10. The highest BCUT2D eigenvalue weighted by Crippen LogP contribution is 2.33. The Labute approximate surface area is 133 Å². The van der Waals surface area contributed by atoms with E-state index in [1.54, 1.807) is 12.1 Å². The summed E-state index contributed by atoms with van der Waals surface area (Å²) in [6, 6.07) is 5.40. The predicted octanol–water partition coefficient (Wildman–Crippen LogP) is 3.52. The van der Waals surface area contributed by atoms with E-state index in [1.807, 2.05) is 19.9 Å². The second-order valence-corrected chi connectivity index (χ2v) is 6.77. The monoisotopic (exact) mass is 353 g/mol. The van der Waals surface area contributed by atoms with Crippen molar-refractivity contribution in [3.05, 3.63) is 33.8 Å². The first-order chi connectivity index (χ1) is 9.85. The van der Waals surface area contributed by atoms with E-state index < -0.39 is 11.5 Å². The van der Waals surface area contributed by atoms with Crippen LogP contribution >= 0.6 is 15.9 Å². The number of amides is 1. The molecule has 5 heteroatoms. The van der Waals surface area contributed by atoms with Gasteiger partial charge in [0.25, 0.3) is 5.91 Å². The molecule has 1 aliphatic carbocycles. The normalized spacial score (nSPS) is 25.4. The molecule has 1 saturated carbocycles. The van der Waals surface area contributed by atoms with Gasteiger partial charge < -0.3 is 10.4 Å². The van der Waals surface area contributed by atoms with Crippen molar-refractivity contribution in [3.63, 3.8) is 0 Å². The minimum absolute atomic E-state index is 0.302. The first-order valence-corrected chi connectivity index (χ1v) is 7.96. The number of hydrogen-bond acceptors (Lipinski definition) is 2. The van der Waals surface area contributed by atoms with E-state index in [1.165, 1.54) is 0 Å². The number of carbonyl (C=O) groups excluding carboxylic acids is 1. The lowest BCUT2D eigenvalue weighted by Gasteiger charge is -2.37. The third-order valence-corrected chi connectivity index (χ3v) is 5.25. The van der Waals surface area contributed by atoms with Crippen LogP contribution in [0.25, 0.3) is 0 Å². The molecular weight excluding hydrogens is 334 g/mol. The maximum absolute atomic E-state index is 12.5. The first kappa shape index (κ1) is 16.0. The van der Waals surface area contributed by atoms with Crippen molar-refractivity contribution in [2.24, 2.45) is 5.92 Å². The van der Waals surface area contributed by atoms with Crippen LogP contribution in [0.1, 0.15) is 48.5 Å². The van der Waals surface area contributed by atoms with Crippen LogP contribution in [0.2, 0.25) is 0 Å². The molecule has 2 N–H and O–H groups in total. The van der Waals surface area contributed by atoms with Gasteiger partial charge in [-0.15, -0.1) is 0 Å². The lowest BCUT2D eigenvalue weighted by Crippen LogP contribution is -2.56. The summed E-state index contributed by atoms with van der Waals surface area (Å²) in [5, 5.41) is 12.4. The van der Waals surface area contributed by atoms with Crippen LogP contribution in [0.5, 0.6) is 0 Å². The standard InChI is InChI=1S/C16H20BrNO3/c1-10-5-4-8-16(9-10,15(20)21)18-14(19)12-7-3-6-11(2)13(12)17/h3,6-7,10H,4-5,8-9H2,1-2H3,(H,18,19)(H,20,21). The number of hydrogen-bond donors (Lipinski definition) is 2. The molecule has 0 aromatic heterocycles. The molecule has 1 aliphatic rings. The van der Waals surface area contributed by atoms with Crippen molar-refractivity contribution in [3.8, 4) is 0 Å². The largest absolute Gasteiger partial charge is 0.480 e. The molecule has 0 spiro atoms. The molecule has 1 aromatic rings. The number of aryl methyl sites for hydroxylation is 1. The molecule has 0 saturated heterocycles. The van der Waals surface area contributed by atoms with Gasteiger partial charge in [-0.2, -0.15) is 0 Å². The Morgan fingerprint density at radius 3 is 2.76 bits per heavy atom. The zero-order valence-corrected chi connectivity index (χ0v) is 13.9. The van der Waals surface area contributed by atoms with Crippen molar-refractivity contribution < 1.29 is 14.7 Å². The molecule has 1 aromatic carbocycles. The minimum Gasteiger partial charge on any atom is -0.480 e. The summed E-state index contributed by atoms with van der Waals surface area (Å²) in [5.74, 6) is -0.968. The fourth-order valence-corrected chi connectivity index (χ4v) is 3.46. The van der Waals surface area contributed by atoms with Crippen LogP contribution in [-0.2, 0) is 4.79 Å². The average molecular weight is 354 g/mol. The number of halogens is 1. The van der Waals surface area contributed by atoms with Gasteiger partial charge in [-0.05, 0) is 53.2 Å². The Kier molecular flexibility index (Phi) is 4.71. The first-order valence-electron chi connectivity index (χ1n) is 7.17. The second-order valence-electron chi connectivity index (χ2n) is 5.98. The zero-order valence-electron chi connectivity index (χ0n) is 12.3. The number of aliphatic carboxylic acids is 1. The number of carbonyl (C=O) groups is 2. The number of nitrogens with one attached hydrogen (secondary N) is 1. The van der Waals surface area contributed by atoms with E-state index >= 15 is 0 Å². The molecule has 2 rings (SSSR count). The van der Waals surface area contributed by atoms with E-state index in [0.717, 1.165) is 18.4 Å². The molecule has 0 bridgehead atoms. The second kappa shape index (κ2) is 6.18. The van der Waals surface area contributed by atoms with Crippen LogP contribution in [0.3, 0.4) is 0 Å². The van der Waals surface area contributed by atoms with Crippen molar-refractivity contribution in [1.29, 1.82) is 0 Å². The fraction of sp³-hybridized carbons (Fsp3) is 0.500. The number of carboxylic acids is 1. The Morgan fingerprint density at radius 2 is 2.14 bits per heavy atom. The van der Waals surface area contributed by atoms with Crippen molar-refractivity contribution >= 4 is 27.8 Å². The Hall–Kier alpha value is -1.36. The van der Waals surface area contributed by atoms with Gasteiger partial charge in [0.15, 0.2) is 0 Å². The summed E-state index contributed by atoms with van der Waals surface area (Å²) in [6.07, 6.45) is 2.81. The molecule has 2 unspecified atom stereocenters. The fourth-order valence-electron chi connectivity index (χ4n) is 3.02. The number of rotatable bonds is 3. The molecule has 2 atom stereocenters. The van der Waals surface area contributed by atoms with E-state index in [9.17, 15) is 14.7 Å².